The van der Waals surface area contributed by atoms with Crippen LogP contribution in [0, 0.1) is 11.7 Å². The summed E-state index contributed by atoms with van der Waals surface area (Å²) >= 11 is 0. The first-order valence-corrected chi connectivity index (χ1v) is 14.0. The van der Waals surface area contributed by atoms with Crippen LogP contribution in [-0.2, 0) is 15.8 Å². The van der Waals surface area contributed by atoms with Crippen LogP contribution in [0.4, 0.5) is 10.1 Å². The molecule has 2 heterocycles. The Morgan fingerprint density at radius 3 is 2.50 bits per heavy atom. The maximum Gasteiger partial charge on any atom is 0.179 e. The third-order valence-electron chi connectivity index (χ3n) is 6.89. The number of ether oxygens (including phenoxy) is 1. The van der Waals surface area contributed by atoms with E-state index in [2.05, 4.69) is 37.5 Å². The Hall–Kier alpha value is -0.953. The molecule has 30 heavy (non-hydrogen) atoms. The Balaban J connectivity index is 1.45. The van der Waals surface area contributed by atoms with Crippen LogP contribution in [0.5, 0.6) is 0 Å². The Morgan fingerprint density at radius 2 is 1.83 bits per heavy atom. The highest BCUT2D eigenvalue weighted by Crippen LogP contribution is 2.31. The average Bonchev–Trinajstić information content (AvgIpc) is 2.73. The summed E-state index contributed by atoms with van der Waals surface area (Å²) in [6, 6.07) is 5.76. The standard InChI is InChI=1S/C24H41FN2O2Si/c1-24(2,3)30(4)29-18-20-6-5-7-22(23(20)25)27-15-10-19(11-16-27)12-17-28-21-8-13-26-14-9-21/h5-7,19,21,26,30H,8-18H2,1-4H3. The molecule has 1 aromatic carbocycles. The molecule has 0 amide bonds. The Labute approximate surface area is 184 Å². The van der Waals surface area contributed by atoms with Crippen molar-refractivity contribution in [2.24, 2.45) is 5.92 Å². The fraction of sp³-hybridized carbons (Fsp3) is 0.750. The van der Waals surface area contributed by atoms with Gasteiger partial charge < -0.3 is 19.4 Å². The topological polar surface area (TPSA) is 33.7 Å². The molecule has 2 aliphatic rings. The van der Waals surface area contributed by atoms with E-state index in [1.807, 2.05) is 18.2 Å². The zero-order chi connectivity index (χ0) is 21.6. The number of piperidine rings is 2. The number of nitrogens with one attached hydrogen (secondary N) is 1. The molecule has 2 fully saturated rings. The van der Waals surface area contributed by atoms with Gasteiger partial charge in [0.15, 0.2) is 14.9 Å². The monoisotopic (exact) mass is 436 g/mol. The van der Waals surface area contributed by atoms with E-state index >= 15 is 4.39 Å². The minimum absolute atomic E-state index is 0.0969. The summed E-state index contributed by atoms with van der Waals surface area (Å²) in [4.78, 5) is 2.22. The van der Waals surface area contributed by atoms with Crippen molar-refractivity contribution in [2.45, 2.75) is 77.2 Å². The van der Waals surface area contributed by atoms with Crippen LogP contribution >= 0.6 is 0 Å². The molecule has 2 aliphatic heterocycles. The highest BCUT2D eigenvalue weighted by molar-refractivity contribution is 6.53. The molecule has 2 saturated heterocycles. The molecule has 1 aromatic rings. The summed E-state index contributed by atoms with van der Waals surface area (Å²) in [5, 5.41) is 3.57. The van der Waals surface area contributed by atoms with E-state index in [0.717, 1.165) is 70.6 Å². The van der Waals surface area contributed by atoms with Crippen molar-refractivity contribution >= 4 is 14.7 Å². The number of benzene rings is 1. The molecule has 0 radical (unpaired) electrons. The summed E-state index contributed by atoms with van der Waals surface area (Å²) in [6.07, 6.45) is 6.06. The first-order chi connectivity index (χ1) is 14.3. The van der Waals surface area contributed by atoms with Crippen LogP contribution < -0.4 is 10.2 Å². The van der Waals surface area contributed by atoms with E-state index in [1.165, 1.54) is 0 Å². The van der Waals surface area contributed by atoms with Gasteiger partial charge in [-0.15, -0.1) is 0 Å². The maximum atomic E-state index is 15.2. The molecule has 0 spiro atoms. The summed E-state index contributed by atoms with van der Waals surface area (Å²) in [6.45, 7) is 14.1. The van der Waals surface area contributed by atoms with E-state index in [-0.39, 0.29) is 10.9 Å². The number of halogens is 1. The van der Waals surface area contributed by atoms with Crippen molar-refractivity contribution in [2.75, 3.05) is 37.7 Å². The number of anilines is 1. The lowest BCUT2D eigenvalue weighted by Gasteiger charge is -2.34. The normalized spacial score (nSPS) is 20.5. The van der Waals surface area contributed by atoms with Crippen LogP contribution in [0.3, 0.4) is 0 Å². The fourth-order valence-electron chi connectivity index (χ4n) is 4.21. The number of nitrogens with zero attached hydrogens (tertiary/aromatic N) is 1. The third kappa shape index (κ3) is 6.77. The van der Waals surface area contributed by atoms with Crippen molar-refractivity contribution in [1.29, 1.82) is 0 Å². The minimum atomic E-state index is -1.36. The van der Waals surface area contributed by atoms with E-state index in [4.69, 9.17) is 9.16 Å². The van der Waals surface area contributed by atoms with Gasteiger partial charge in [-0.25, -0.2) is 4.39 Å². The van der Waals surface area contributed by atoms with Crippen LogP contribution in [-0.4, -0.2) is 47.9 Å². The summed E-state index contributed by atoms with van der Waals surface area (Å²) < 4.78 is 27.3. The first-order valence-electron chi connectivity index (χ1n) is 11.8. The van der Waals surface area contributed by atoms with Gasteiger partial charge in [-0.3, -0.25) is 0 Å². The Kier molecular flexibility index (Phi) is 8.75. The lowest BCUT2D eigenvalue weighted by Crippen LogP contribution is -2.35. The zero-order valence-electron chi connectivity index (χ0n) is 19.4. The third-order valence-corrected chi connectivity index (χ3v) is 9.99. The van der Waals surface area contributed by atoms with Crippen LogP contribution in [0.1, 0.15) is 58.4 Å². The second-order valence-corrected chi connectivity index (χ2v) is 13.5. The highest BCUT2D eigenvalue weighted by Gasteiger charge is 2.25. The molecule has 0 aromatic heterocycles. The number of hydrogen-bond acceptors (Lipinski definition) is 4. The van der Waals surface area contributed by atoms with Crippen LogP contribution in [0.2, 0.25) is 11.6 Å². The van der Waals surface area contributed by atoms with Crippen molar-refractivity contribution in [3.05, 3.63) is 29.6 Å². The van der Waals surface area contributed by atoms with E-state index in [9.17, 15) is 0 Å². The fourth-order valence-corrected chi connectivity index (χ4v) is 5.14. The molecular formula is C24H41FN2O2Si. The lowest BCUT2D eigenvalue weighted by molar-refractivity contribution is 0.0241. The Bertz CT molecular complexity index is 653. The van der Waals surface area contributed by atoms with Gasteiger partial charge in [0.2, 0.25) is 0 Å². The van der Waals surface area contributed by atoms with Gasteiger partial charge in [-0.2, -0.15) is 0 Å². The van der Waals surface area contributed by atoms with Crippen molar-refractivity contribution in [3.63, 3.8) is 0 Å². The van der Waals surface area contributed by atoms with Gasteiger partial charge in [-0.1, -0.05) is 32.9 Å². The van der Waals surface area contributed by atoms with E-state index in [0.29, 0.717) is 24.2 Å². The molecule has 6 heteroatoms. The minimum Gasteiger partial charge on any atom is -0.415 e. The SMILES string of the molecule is C[SiH](OCc1cccc(N2CCC(CCOC3CCNCC3)CC2)c1F)C(C)(C)C. The molecular weight excluding hydrogens is 395 g/mol. The van der Waals surface area contributed by atoms with E-state index < -0.39 is 9.04 Å². The smallest absolute Gasteiger partial charge is 0.179 e. The molecule has 1 N–H and O–H groups in total. The van der Waals surface area contributed by atoms with Crippen molar-refractivity contribution in [1.82, 2.24) is 5.32 Å². The molecule has 0 aliphatic carbocycles. The summed E-state index contributed by atoms with van der Waals surface area (Å²) in [5.41, 5.74) is 1.43. The highest BCUT2D eigenvalue weighted by atomic mass is 28.3. The number of rotatable bonds is 8. The molecule has 4 nitrogen and oxygen atoms in total. The molecule has 0 bridgehead atoms. The molecule has 0 saturated carbocycles. The second-order valence-electron chi connectivity index (χ2n) is 10.1. The van der Waals surface area contributed by atoms with Gasteiger partial charge in [0, 0.05) is 25.3 Å². The average molecular weight is 437 g/mol. The predicted octanol–water partition coefficient (Wildman–Crippen LogP) is 4.87. The molecule has 1 atom stereocenters. The van der Waals surface area contributed by atoms with Crippen molar-refractivity contribution in [3.8, 4) is 0 Å². The van der Waals surface area contributed by atoms with Gasteiger partial charge in [0.1, 0.15) is 0 Å². The van der Waals surface area contributed by atoms with Gasteiger partial charge in [0.05, 0.1) is 18.4 Å². The quantitative estimate of drug-likeness (QED) is 0.590. The zero-order valence-corrected chi connectivity index (χ0v) is 20.5. The largest absolute Gasteiger partial charge is 0.415 e. The predicted molar refractivity (Wildman–Crippen MR) is 125 cm³/mol. The summed E-state index contributed by atoms with van der Waals surface area (Å²) in [7, 11) is -1.36. The van der Waals surface area contributed by atoms with Crippen LogP contribution in [0.15, 0.2) is 18.2 Å². The van der Waals surface area contributed by atoms with Gasteiger partial charge >= 0.3 is 0 Å². The first kappa shape index (κ1) is 23.7. The second kappa shape index (κ2) is 11.1. The van der Waals surface area contributed by atoms with Crippen LogP contribution in [0.25, 0.3) is 0 Å². The Morgan fingerprint density at radius 1 is 1.13 bits per heavy atom. The lowest BCUT2D eigenvalue weighted by atomic mass is 9.93. The summed E-state index contributed by atoms with van der Waals surface area (Å²) in [5.74, 6) is 0.594. The van der Waals surface area contributed by atoms with Gasteiger partial charge in [-0.05, 0) is 68.8 Å². The van der Waals surface area contributed by atoms with Crippen molar-refractivity contribution < 1.29 is 13.6 Å². The molecule has 170 valence electrons. The maximum absolute atomic E-state index is 15.2. The van der Waals surface area contributed by atoms with E-state index in [1.54, 1.807) is 0 Å². The molecule has 3 rings (SSSR count). The molecule has 1 unspecified atom stereocenters. The van der Waals surface area contributed by atoms with Gasteiger partial charge in [0.25, 0.3) is 0 Å². The number of hydrogen-bond donors (Lipinski definition) is 1.